The number of oxime groups is 1. The Morgan fingerprint density at radius 3 is 2.56 bits per heavy atom. The van der Waals surface area contributed by atoms with Crippen LogP contribution in [0.4, 0.5) is 0 Å². The Kier molecular flexibility index (Phi) is 6.22. The van der Waals surface area contributed by atoms with Crippen molar-refractivity contribution in [2.45, 2.75) is 45.2 Å². The highest BCUT2D eigenvalue weighted by Crippen LogP contribution is 2.05. The molecule has 18 heavy (non-hydrogen) atoms. The summed E-state index contributed by atoms with van der Waals surface area (Å²) in [4.78, 5) is 0. The highest BCUT2D eigenvalue weighted by molar-refractivity contribution is 5.80. The van der Waals surface area contributed by atoms with Crippen molar-refractivity contribution in [3.63, 3.8) is 0 Å². The van der Waals surface area contributed by atoms with Gasteiger partial charge < -0.3 is 16.3 Å². The Morgan fingerprint density at radius 2 is 1.94 bits per heavy atom. The summed E-state index contributed by atoms with van der Waals surface area (Å²) in [6.07, 6.45) is 2.70. The summed E-state index contributed by atoms with van der Waals surface area (Å²) in [6.45, 7) is 4.20. The molecule has 0 aliphatic heterocycles. The lowest BCUT2D eigenvalue weighted by Gasteiger charge is -2.19. The second kappa shape index (κ2) is 7.71. The molecule has 0 heterocycles. The Balaban J connectivity index is 2.27. The maximum Gasteiger partial charge on any atom is 0.140 e. The molecule has 2 atom stereocenters. The van der Waals surface area contributed by atoms with Gasteiger partial charge in [0.25, 0.3) is 0 Å². The molecular weight excluding hydrogens is 226 g/mol. The van der Waals surface area contributed by atoms with E-state index < -0.39 is 0 Å². The van der Waals surface area contributed by atoms with E-state index in [1.165, 1.54) is 5.56 Å². The minimum atomic E-state index is 0.215. The zero-order valence-electron chi connectivity index (χ0n) is 11.1. The molecule has 0 aliphatic rings. The van der Waals surface area contributed by atoms with Gasteiger partial charge in [0.2, 0.25) is 0 Å². The van der Waals surface area contributed by atoms with E-state index in [1.54, 1.807) is 0 Å². The highest BCUT2D eigenvalue weighted by Gasteiger charge is 2.09. The van der Waals surface area contributed by atoms with Gasteiger partial charge in [-0.25, -0.2) is 0 Å². The van der Waals surface area contributed by atoms with Gasteiger partial charge in [0.1, 0.15) is 5.84 Å². The molecule has 0 aliphatic carbocycles. The number of nitrogens with zero attached hydrogens (tertiary/aromatic N) is 1. The van der Waals surface area contributed by atoms with Crippen molar-refractivity contribution < 1.29 is 5.21 Å². The van der Waals surface area contributed by atoms with Crippen LogP contribution in [0.25, 0.3) is 0 Å². The highest BCUT2D eigenvalue weighted by atomic mass is 16.4. The first-order valence-corrected chi connectivity index (χ1v) is 6.38. The van der Waals surface area contributed by atoms with Crippen molar-refractivity contribution in [2.75, 3.05) is 0 Å². The smallest absolute Gasteiger partial charge is 0.140 e. The number of amidine groups is 1. The van der Waals surface area contributed by atoms with E-state index in [-0.39, 0.29) is 11.9 Å². The Morgan fingerprint density at radius 1 is 1.28 bits per heavy atom. The molecule has 100 valence electrons. The summed E-state index contributed by atoms with van der Waals surface area (Å²) < 4.78 is 0. The number of nitrogens with two attached hydrogens (primary N) is 1. The van der Waals surface area contributed by atoms with Crippen LogP contribution in [0.3, 0.4) is 0 Å². The van der Waals surface area contributed by atoms with Crippen LogP contribution in [-0.2, 0) is 6.42 Å². The van der Waals surface area contributed by atoms with Gasteiger partial charge >= 0.3 is 0 Å². The summed E-state index contributed by atoms with van der Waals surface area (Å²) in [5.74, 6) is 0.269. The summed E-state index contributed by atoms with van der Waals surface area (Å²) in [5, 5.41) is 14.9. The van der Waals surface area contributed by atoms with Crippen LogP contribution < -0.4 is 11.1 Å². The van der Waals surface area contributed by atoms with Crippen molar-refractivity contribution >= 4 is 5.84 Å². The van der Waals surface area contributed by atoms with Crippen LogP contribution in [0.15, 0.2) is 35.5 Å². The predicted molar refractivity (Wildman–Crippen MR) is 74.8 cm³/mol. The summed E-state index contributed by atoms with van der Waals surface area (Å²) in [6, 6.07) is 11.1. The van der Waals surface area contributed by atoms with E-state index in [2.05, 4.69) is 41.7 Å². The number of benzene rings is 1. The zero-order valence-corrected chi connectivity index (χ0v) is 11.1. The van der Waals surface area contributed by atoms with Crippen LogP contribution in [0.1, 0.15) is 32.3 Å². The van der Waals surface area contributed by atoms with Gasteiger partial charge in [0, 0.05) is 18.5 Å². The van der Waals surface area contributed by atoms with E-state index >= 15 is 0 Å². The molecular formula is C14H23N3O. The average Bonchev–Trinajstić information content (AvgIpc) is 2.37. The number of rotatable bonds is 7. The molecule has 0 saturated heterocycles. The summed E-state index contributed by atoms with van der Waals surface area (Å²) in [5.41, 5.74) is 6.83. The maximum absolute atomic E-state index is 8.51. The number of aryl methyl sites for hydroxylation is 1. The molecule has 4 nitrogen and oxygen atoms in total. The second-order valence-corrected chi connectivity index (χ2v) is 4.79. The number of hydrogen-bond donors (Lipinski definition) is 3. The van der Waals surface area contributed by atoms with Crippen molar-refractivity contribution in [2.24, 2.45) is 10.9 Å². The molecule has 1 aromatic rings. The van der Waals surface area contributed by atoms with Gasteiger partial charge in [-0.2, -0.15) is 0 Å². The normalized spacial score (nSPS) is 15.3. The third-order valence-corrected chi connectivity index (χ3v) is 2.92. The molecule has 2 unspecified atom stereocenters. The lowest BCUT2D eigenvalue weighted by Crippen LogP contribution is -2.37. The van der Waals surface area contributed by atoms with Gasteiger partial charge in [0.05, 0.1) is 0 Å². The second-order valence-electron chi connectivity index (χ2n) is 4.79. The van der Waals surface area contributed by atoms with E-state index in [4.69, 9.17) is 10.9 Å². The third-order valence-electron chi connectivity index (χ3n) is 2.92. The van der Waals surface area contributed by atoms with Crippen LogP contribution >= 0.6 is 0 Å². The number of hydrogen-bond acceptors (Lipinski definition) is 3. The molecule has 1 rings (SSSR count). The molecule has 4 N–H and O–H groups in total. The standard InChI is InChI=1S/C14H23N3O/c1-11(16-12(2)10-14(15)17-18)8-9-13-6-4-3-5-7-13/h3-7,11-12,16,18H,8-10H2,1-2H3,(H2,15,17). The van der Waals surface area contributed by atoms with E-state index in [0.717, 1.165) is 12.8 Å². The molecule has 0 saturated carbocycles. The van der Waals surface area contributed by atoms with Crippen LogP contribution in [0.2, 0.25) is 0 Å². The first-order chi connectivity index (χ1) is 8.61. The third kappa shape index (κ3) is 5.68. The van der Waals surface area contributed by atoms with Crippen molar-refractivity contribution in [3.8, 4) is 0 Å². The molecule has 0 radical (unpaired) electrons. The quantitative estimate of drug-likeness (QED) is 0.300. The molecule has 0 fully saturated rings. The fraction of sp³-hybridized carbons (Fsp3) is 0.500. The molecule has 0 amide bonds. The van der Waals surface area contributed by atoms with E-state index in [9.17, 15) is 0 Å². The maximum atomic E-state index is 8.51. The fourth-order valence-corrected chi connectivity index (χ4v) is 2.01. The number of nitrogens with one attached hydrogen (secondary N) is 1. The fourth-order valence-electron chi connectivity index (χ4n) is 2.01. The molecule has 0 bridgehead atoms. The minimum Gasteiger partial charge on any atom is -0.409 e. The molecule has 1 aromatic carbocycles. The first kappa shape index (κ1) is 14.5. The topological polar surface area (TPSA) is 70.6 Å². The van der Waals surface area contributed by atoms with Gasteiger partial charge in [-0.15, -0.1) is 0 Å². The molecule has 0 aromatic heterocycles. The monoisotopic (exact) mass is 249 g/mol. The minimum absolute atomic E-state index is 0.215. The first-order valence-electron chi connectivity index (χ1n) is 6.38. The SMILES string of the molecule is CC(CCc1ccccc1)NC(C)CC(N)=NO. The van der Waals surface area contributed by atoms with Crippen molar-refractivity contribution in [3.05, 3.63) is 35.9 Å². The lowest BCUT2D eigenvalue weighted by atomic mass is 10.1. The van der Waals surface area contributed by atoms with Crippen molar-refractivity contribution in [1.82, 2.24) is 5.32 Å². The summed E-state index contributed by atoms with van der Waals surface area (Å²) in [7, 11) is 0. The van der Waals surface area contributed by atoms with Gasteiger partial charge in [-0.3, -0.25) is 0 Å². The predicted octanol–water partition coefficient (Wildman–Crippen LogP) is 2.12. The van der Waals surface area contributed by atoms with Gasteiger partial charge in [-0.1, -0.05) is 35.5 Å². The lowest BCUT2D eigenvalue weighted by molar-refractivity contribution is 0.315. The van der Waals surface area contributed by atoms with Crippen LogP contribution in [0.5, 0.6) is 0 Å². The van der Waals surface area contributed by atoms with Crippen LogP contribution in [-0.4, -0.2) is 23.1 Å². The Labute approximate surface area is 109 Å². The van der Waals surface area contributed by atoms with Crippen molar-refractivity contribution in [1.29, 1.82) is 0 Å². The van der Waals surface area contributed by atoms with Gasteiger partial charge in [-0.05, 0) is 32.3 Å². The average molecular weight is 249 g/mol. The van der Waals surface area contributed by atoms with Gasteiger partial charge in [0.15, 0.2) is 0 Å². The molecule has 0 spiro atoms. The Bertz CT molecular complexity index is 365. The summed E-state index contributed by atoms with van der Waals surface area (Å²) >= 11 is 0. The molecule has 4 heteroatoms. The zero-order chi connectivity index (χ0) is 13.4. The van der Waals surface area contributed by atoms with Crippen LogP contribution in [0, 0.1) is 0 Å². The largest absolute Gasteiger partial charge is 0.409 e. The van der Waals surface area contributed by atoms with E-state index in [0.29, 0.717) is 12.5 Å². The Hall–Kier alpha value is -1.55. The van der Waals surface area contributed by atoms with E-state index in [1.807, 2.05) is 13.0 Å².